The van der Waals surface area contributed by atoms with E-state index in [0.717, 1.165) is 28.0 Å². The summed E-state index contributed by atoms with van der Waals surface area (Å²) in [5, 5.41) is 3.31. The average Bonchev–Trinajstić information content (AvgIpc) is 2.74. The van der Waals surface area contributed by atoms with E-state index >= 15 is 0 Å². The highest BCUT2D eigenvalue weighted by Crippen LogP contribution is 2.37. The number of carbonyl (C=O) groups is 1. The second-order valence-corrected chi connectivity index (χ2v) is 8.36. The van der Waals surface area contributed by atoms with Crippen molar-refractivity contribution >= 4 is 5.91 Å². The monoisotopic (exact) mass is 395 g/mol. The van der Waals surface area contributed by atoms with Gasteiger partial charge >= 0.3 is 0 Å². The standard InChI is InChI=1S/C25H33NO3/c1-17(2)21-16-22(18(3)15-23(21)28-5)19(4)26-24(27)25(11-13-29-14-12-25)20-9-7-6-8-10-20/h6-10,15-17,19H,11-14H2,1-5H3,(H,26,27)/t19-/m0/s1. The van der Waals surface area contributed by atoms with Gasteiger partial charge in [0, 0.05) is 13.2 Å². The molecule has 0 radical (unpaired) electrons. The number of rotatable bonds is 6. The van der Waals surface area contributed by atoms with E-state index in [-0.39, 0.29) is 11.9 Å². The molecule has 156 valence electrons. The van der Waals surface area contributed by atoms with Crippen molar-refractivity contribution in [3.63, 3.8) is 0 Å². The Morgan fingerprint density at radius 3 is 2.31 bits per heavy atom. The number of hydrogen-bond acceptors (Lipinski definition) is 3. The van der Waals surface area contributed by atoms with Crippen molar-refractivity contribution in [1.82, 2.24) is 5.32 Å². The predicted molar refractivity (Wildman–Crippen MR) is 117 cm³/mol. The summed E-state index contributed by atoms with van der Waals surface area (Å²) in [6.45, 7) is 9.67. The maximum Gasteiger partial charge on any atom is 0.231 e. The van der Waals surface area contributed by atoms with E-state index in [0.29, 0.717) is 32.0 Å². The number of nitrogens with one attached hydrogen (secondary N) is 1. The van der Waals surface area contributed by atoms with Gasteiger partial charge in [0.2, 0.25) is 5.91 Å². The van der Waals surface area contributed by atoms with Crippen LogP contribution in [0, 0.1) is 6.92 Å². The van der Waals surface area contributed by atoms with Gasteiger partial charge in [0.1, 0.15) is 5.75 Å². The number of ether oxygens (including phenoxy) is 2. The van der Waals surface area contributed by atoms with E-state index in [1.807, 2.05) is 18.2 Å². The minimum Gasteiger partial charge on any atom is -0.496 e. The first kappa shape index (κ1) is 21.4. The van der Waals surface area contributed by atoms with Gasteiger partial charge in [0.05, 0.1) is 18.6 Å². The molecule has 0 bridgehead atoms. The van der Waals surface area contributed by atoms with Crippen LogP contribution in [0.25, 0.3) is 0 Å². The van der Waals surface area contributed by atoms with Crippen molar-refractivity contribution in [2.75, 3.05) is 20.3 Å². The molecule has 1 fully saturated rings. The summed E-state index contributed by atoms with van der Waals surface area (Å²) in [5.41, 5.74) is 3.97. The van der Waals surface area contributed by atoms with Crippen LogP contribution in [0.15, 0.2) is 42.5 Å². The predicted octanol–water partition coefficient (Wildman–Crippen LogP) is 5.05. The fourth-order valence-corrected chi connectivity index (χ4v) is 4.35. The second kappa shape index (κ2) is 9.00. The second-order valence-electron chi connectivity index (χ2n) is 8.36. The van der Waals surface area contributed by atoms with Crippen molar-refractivity contribution in [2.45, 2.75) is 57.9 Å². The van der Waals surface area contributed by atoms with Gasteiger partial charge in [0.25, 0.3) is 0 Å². The number of aryl methyl sites for hydroxylation is 1. The van der Waals surface area contributed by atoms with E-state index < -0.39 is 5.41 Å². The molecule has 0 spiro atoms. The lowest BCUT2D eigenvalue weighted by molar-refractivity contribution is -0.131. The van der Waals surface area contributed by atoms with Crippen LogP contribution in [0.3, 0.4) is 0 Å². The third-order valence-electron chi connectivity index (χ3n) is 6.16. The van der Waals surface area contributed by atoms with Gasteiger partial charge in [-0.05, 0) is 67.0 Å². The minimum absolute atomic E-state index is 0.0841. The Hall–Kier alpha value is -2.33. The Morgan fingerprint density at radius 1 is 1.07 bits per heavy atom. The number of methoxy groups -OCH3 is 1. The number of hydrogen-bond donors (Lipinski definition) is 1. The van der Waals surface area contributed by atoms with Gasteiger partial charge < -0.3 is 14.8 Å². The SMILES string of the molecule is COc1cc(C)c([C@H](C)NC(=O)C2(c3ccccc3)CCOCC2)cc1C(C)C. The Bertz CT molecular complexity index is 839. The maximum absolute atomic E-state index is 13.6. The molecule has 4 heteroatoms. The van der Waals surface area contributed by atoms with Crippen LogP contribution in [-0.4, -0.2) is 26.2 Å². The summed E-state index contributed by atoms with van der Waals surface area (Å²) < 4.78 is 11.1. The molecule has 1 atom stereocenters. The third kappa shape index (κ3) is 4.32. The van der Waals surface area contributed by atoms with Crippen LogP contribution < -0.4 is 10.1 Å². The molecular formula is C25H33NO3. The fraction of sp³-hybridized carbons (Fsp3) is 0.480. The number of carbonyl (C=O) groups excluding carboxylic acids is 1. The Kier molecular flexibility index (Phi) is 6.63. The number of amides is 1. The first-order valence-corrected chi connectivity index (χ1v) is 10.5. The average molecular weight is 396 g/mol. The molecule has 1 aliphatic heterocycles. The van der Waals surface area contributed by atoms with E-state index in [4.69, 9.17) is 9.47 Å². The summed E-state index contributed by atoms with van der Waals surface area (Å²) in [6, 6.07) is 14.3. The molecule has 0 unspecified atom stereocenters. The largest absolute Gasteiger partial charge is 0.496 e. The minimum atomic E-state index is -0.533. The molecule has 1 heterocycles. The Labute approximate surface area is 174 Å². The summed E-state index contributed by atoms with van der Waals surface area (Å²) in [7, 11) is 1.71. The van der Waals surface area contributed by atoms with Gasteiger partial charge in [0.15, 0.2) is 0 Å². The molecule has 1 saturated heterocycles. The fourth-order valence-electron chi connectivity index (χ4n) is 4.35. The third-order valence-corrected chi connectivity index (χ3v) is 6.16. The molecule has 2 aromatic carbocycles. The van der Waals surface area contributed by atoms with E-state index in [9.17, 15) is 4.79 Å². The lowest BCUT2D eigenvalue weighted by Crippen LogP contribution is -2.48. The van der Waals surface area contributed by atoms with E-state index in [1.54, 1.807) is 7.11 Å². The van der Waals surface area contributed by atoms with Gasteiger partial charge in [-0.2, -0.15) is 0 Å². The smallest absolute Gasteiger partial charge is 0.231 e. The molecule has 0 aromatic heterocycles. The van der Waals surface area contributed by atoms with Crippen LogP contribution in [0.2, 0.25) is 0 Å². The normalized spacial score (nSPS) is 17.0. The quantitative estimate of drug-likeness (QED) is 0.744. The van der Waals surface area contributed by atoms with Crippen molar-refractivity contribution in [3.05, 3.63) is 64.7 Å². The highest BCUT2D eigenvalue weighted by Gasteiger charge is 2.42. The molecule has 1 amide bonds. The van der Waals surface area contributed by atoms with Gasteiger partial charge in [-0.25, -0.2) is 0 Å². The van der Waals surface area contributed by atoms with Gasteiger partial charge in [-0.3, -0.25) is 4.79 Å². The van der Waals surface area contributed by atoms with Crippen LogP contribution in [0.5, 0.6) is 5.75 Å². The molecule has 29 heavy (non-hydrogen) atoms. The van der Waals surface area contributed by atoms with Gasteiger partial charge in [-0.1, -0.05) is 44.2 Å². The van der Waals surface area contributed by atoms with E-state index in [2.05, 4.69) is 57.3 Å². The van der Waals surface area contributed by atoms with Crippen molar-refractivity contribution in [3.8, 4) is 5.75 Å². The first-order chi connectivity index (χ1) is 13.9. The lowest BCUT2D eigenvalue weighted by Gasteiger charge is -2.37. The molecule has 2 aromatic rings. The summed E-state index contributed by atoms with van der Waals surface area (Å²) >= 11 is 0. The molecule has 0 aliphatic carbocycles. The Morgan fingerprint density at radius 2 is 1.72 bits per heavy atom. The molecular weight excluding hydrogens is 362 g/mol. The van der Waals surface area contributed by atoms with Crippen LogP contribution in [0.4, 0.5) is 0 Å². The number of benzene rings is 2. The van der Waals surface area contributed by atoms with Gasteiger partial charge in [-0.15, -0.1) is 0 Å². The zero-order valence-electron chi connectivity index (χ0n) is 18.2. The summed E-state index contributed by atoms with van der Waals surface area (Å²) in [6.07, 6.45) is 1.41. The zero-order chi connectivity index (χ0) is 21.0. The topological polar surface area (TPSA) is 47.6 Å². The summed E-state index contributed by atoms with van der Waals surface area (Å²) in [4.78, 5) is 13.6. The highest BCUT2D eigenvalue weighted by atomic mass is 16.5. The van der Waals surface area contributed by atoms with Crippen molar-refractivity contribution < 1.29 is 14.3 Å². The maximum atomic E-state index is 13.6. The van der Waals surface area contributed by atoms with Crippen LogP contribution in [-0.2, 0) is 14.9 Å². The van der Waals surface area contributed by atoms with Crippen molar-refractivity contribution in [1.29, 1.82) is 0 Å². The highest BCUT2D eigenvalue weighted by molar-refractivity contribution is 5.88. The molecule has 1 aliphatic rings. The molecule has 1 N–H and O–H groups in total. The first-order valence-electron chi connectivity index (χ1n) is 10.5. The molecule has 4 nitrogen and oxygen atoms in total. The molecule has 3 rings (SSSR count). The van der Waals surface area contributed by atoms with E-state index in [1.165, 1.54) is 0 Å². The van der Waals surface area contributed by atoms with Crippen LogP contribution in [0.1, 0.15) is 67.8 Å². The molecule has 0 saturated carbocycles. The van der Waals surface area contributed by atoms with Crippen LogP contribution >= 0.6 is 0 Å². The summed E-state index contributed by atoms with van der Waals surface area (Å²) in [5.74, 6) is 1.34. The Balaban J connectivity index is 1.90. The lowest BCUT2D eigenvalue weighted by atomic mass is 9.73. The van der Waals surface area contributed by atoms with Crippen molar-refractivity contribution in [2.24, 2.45) is 0 Å². The zero-order valence-corrected chi connectivity index (χ0v) is 18.2.